The predicted molar refractivity (Wildman–Crippen MR) is 67.2 cm³/mol. The molecule has 1 saturated carbocycles. The molecule has 0 spiro atoms. The Morgan fingerprint density at radius 3 is 2.82 bits per heavy atom. The van der Waals surface area contributed by atoms with Crippen molar-refractivity contribution in [3.8, 4) is 0 Å². The SMILES string of the molecule is O=c1cc(C2CCC2)[nH]n1C[C@@H]1CCCNC1. The van der Waals surface area contributed by atoms with Crippen molar-refractivity contribution in [2.24, 2.45) is 5.92 Å². The molecule has 2 fully saturated rings. The molecule has 4 nitrogen and oxygen atoms in total. The van der Waals surface area contributed by atoms with E-state index in [1.165, 1.54) is 32.1 Å². The summed E-state index contributed by atoms with van der Waals surface area (Å²) in [6.45, 7) is 3.02. The van der Waals surface area contributed by atoms with Crippen LogP contribution in [0.5, 0.6) is 0 Å². The minimum Gasteiger partial charge on any atom is -0.316 e. The Morgan fingerprint density at radius 2 is 2.18 bits per heavy atom. The van der Waals surface area contributed by atoms with Crippen LogP contribution in [0.25, 0.3) is 0 Å². The molecule has 1 aliphatic heterocycles. The summed E-state index contributed by atoms with van der Waals surface area (Å²) in [4.78, 5) is 11.9. The second-order valence-electron chi connectivity index (χ2n) is 5.50. The van der Waals surface area contributed by atoms with Crippen LogP contribution in [0, 0.1) is 5.92 Å². The van der Waals surface area contributed by atoms with E-state index in [2.05, 4.69) is 10.4 Å². The van der Waals surface area contributed by atoms with Crippen molar-refractivity contribution in [3.63, 3.8) is 0 Å². The lowest BCUT2D eigenvalue weighted by atomic mass is 9.83. The van der Waals surface area contributed by atoms with Crippen molar-refractivity contribution in [1.29, 1.82) is 0 Å². The normalized spacial score (nSPS) is 25.8. The number of aromatic nitrogens is 2. The van der Waals surface area contributed by atoms with Crippen molar-refractivity contribution in [2.45, 2.75) is 44.6 Å². The van der Waals surface area contributed by atoms with Gasteiger partial charge in [-0.15, -0.1) is 0 Å². The lowest BCUT2D eigenvalue weighted by molar-refractivity contribution is 0.318. The van der Waals surface area contributed by atoms with Gasteiger partial charge in [0.15, 0.2) is 0 Å². The maximum Gasteiger partial charge on any atom is 0.266 e. The van der Waals surface area contributed by atoms with Gasteiger partial charge in [-0.05, 0) is 44.7 Å². The van der Waals surface area contributed by atoms with Gasteiger partial charge < -0.3 is 5.32 Å². The highest BCUT2D eigenvalue weighted by atomic mass is 16.1. The maximum atomic E-state index is 11.9. The summed E-state index contributed by atoms with van der Waals surface area (Å²) >= 11 is 0. The summed E-state index contributed by atoms with van der Waals surface area (Å²) in [5.41, 5.74) is 1.31. The van der Waals surface area contributed by atoms with Crippen LogP contribution in [0.1, 0.15) is 43.7 Å². The zero-order valence-electron chi connectivity index (χ0n) is 10.2. The molecule has 0 aromatic carbocycles. The molecule has 4 heteroatoms. The third kappa shape index (κ3) is 2.32. The average molecular weight is 235 g/mol. The Bertz CT molecular complexity index is 424. The van der Waals surface area contributed by atoms with Crippen LogP contribution in [0.2, 0.25) is 0 Å². The number of hydrogen-bond acceptors (Lipinski definition) is 2. The molecular formula is C13H21N3O. The van der Waals surface area contributed by atoms with E-state index in [4.69, 9.17) is 0 Å². The first-order valence-corrected chi connectivity index (χ1v) is 6.83. The van der Waals surface area contributed by atoms with Gasteiger partial charge in [0.25, 0.3) is 5.56 Å². The van der Waals surface area contributed by atoms with Gasteiger partial charge in [-0.2, -0.15) is 0 Å². The molecular weight excluding hydrogens is 214 g/mol. The average Bonchev–Trinajstić information content (AvgIpc) is 2.59. The summed E-state index contributed by atoms with van der Waals surface area (Å²) in [7, 11) is 0. The Morgan fingerprint density at radius 1 is 1.29 bits per heavy atom. The number of nitrogens with zero attached hydrogens (tertiary/aromatic N) is 1. The largest absolute Gasteiger partial charge is 0.316 e. The van der Waals surface area contributed by atoms with Gasteiger partial charge in [-0.3, -0.25) is 14.6 Å². The predicted octanol–water partition coefficient (Wildman–Crippen LogP) is 1.44. The molecule has 0 unspecified atom stereocenters. The Kier molecular flexibility index (Phi) is 3.05. The number of nitrogens with one attached hydrogen (secondary N) is 2. The minimum absolute atomic E-state index is 0.150. The molecule has 1 aromatic rings. The van der Waals surface area contributed by atoms with E-state index in [1.54, 1.807) is 6.07 Å². The van der Waals surface area contributed by atoms with Crippen LogP contribution in [0.15, 0.2) is 10.9 Å². The Labute approximate surface area is 101 Å². The number of H-pyrrole nitrogens is 1. The van der Waals surface area contributed by atoms with Gasteiger partial charge in [0, 0.05) is 24.2 Å². The van der Waals surface area contributed by atoms with Crippen molar-refractivity contribution >= 4 is 0 Å². The van der Waals surface area contributed by atoms with E-state index < -0.39 is 0 Å². The summed E-state index contributed by atoms with van der Waals surface area (Å²) in [5.74, 6) is 1.22. The Balaban J connectivity index is 1.69. The molecule has 94 valence electrons. The smallest absolute Gasteiger partial charge is 0.266 e. The van der Waals surface area contributed by atoms with Crippen LogP contribution in [-0.4, -0.2) is 22.9 Å². The van der Waals surface area contributed by atoms with Crippen LogP contribution in [-0.2, 0) is 6.54 Å². The molecule has 1 saturated heterocycles. The highest BCUT2D eigenvalue weighted by Crippen LogP contribution is 2.34. The molecule has 2 N–H and O–H groups in total. The summed E-state index contributed by atoms with van der Waals surface area (Å²) in [5, 5.41) is 6.70. The molecule has 2 heterocycles. The molecule has 0 bridgehead atoms. The van der Waals surface area contributed by atoms with E-state index in [-0.39, 0.29) is 5.56 Å². The second kappa shape index (κ2) is 4.69. The van der Waals surface area contributed by atoms with E-state index in [9.17, 15) is 4.79 Å². The molecule has 3 rings (SSSR count). The zero-order valence-corrected chi connectivity index (χ0v) is 10.2. The third-order valence-corrected chi connectivity index (χ3v) is 4.19. The Hall–Kier alpha value is -1.03. The zero-order chi connectivity index (χ0) is 11.7. The number of piperidine rings is 1. The monoisotopic (exact) mass is 235 g/mol. The van der Waals surface area contributed by atoms with Crippen LogP contribution in [0.3, 0.4) is 0 Å². The van der Waals surface area contributed by atoms with Crippen molar-refractivity contribution in [2.75, 3.05) is 13.1 Å². The van der Waals surface area contributed by atoms with E-state index in [0.717, 1.165) is 25.3 Å². The first-order valence-electron chi connectivity index (χ1n) is 6.83. The summed E-state index contributed by atoms with van der Waals surface area (Å²) in [6.07, 6.45) is 6.26. The van der Waals surface area contributed by atoms with Crippen LogP contribution < -0.4 is 10.9 Å². The fourth-order valence-corrected chi connectivity index (χ4v) is 2.86. The molecule has 17 heavy (non-hydrogen) atoms. The molecule has 1 atom stereocenters. The van der Waals surface area contributed by atoms with Gasteiger partial charge in [-0.1, -0.05) is 6.42 Å². The quantitative estimate of drug-likeness (QED) is 0.833. The molecule has 0 radical (unpaired) electrons. The highest BCUT2D eigenvalue weighted by molar-refractivity contribution is 5.09. The number of hydrogen-bond donors (Lipinski definition) is 2. The van der Waals surface area contributed by atoms with Gasteiger partial charge in [0.1, 0.15) is 0 Å². The molecule has 1 aliphatic carbocycles. The van der Waals surface area contributed by atoms with Gasteiger partial charge >= 0.3 is 0 Å². The number of aromatic amines is 1. The first-order chi connectivity index (χ1) is 8.33. The van der Waals surface area contributed by atoms with Gasteiger partial charge in [0.2, 0.25) is 0 Å². The molecule has 0 amide bonds. The summed E-state index contributed by atoms with van der Waals surface area (Å²) < 4.78 is 1.81. The maximum absolute atomic E-state index is 11.9. The topological polar surface area (TPSA) is 49.8 Å². The lowest BCUT2D eigenvalue weighted by Gasteiger charge is -2.24. The van der Waals surface area contributed by atoms with E-state index in [0.29, 0.717) is 11.8 Å². The van der Waals surface area contributed by atoms with Crippen molar-refractivity contribution in [3.05, 3.63) is 22.1 Å². The van der Waals surface area contributed by atoms with E-state index in [1.807, 2.05) is 4.68 Å². The van der Waals surface area contributed by atoms with Crippen LogP contribution >= 0.6 is 0 Å². The van der Waals surface area contributed by atoms with Gasteiger partial charge in [0.05, 0.1) is 0 Å². The number of rotatable bonds is 3. The highest BCUT2D eigenvalue weighted by Gasteiger charge is 2.22. The minimum atomic E-state index is 0.150. The van der Waals surface area contributed by atoms with Crippen molar-refractivity contribution < 1.29 is 0 Å². The second-order valence-corrected chi connectivity index (χ2v) is 5.50. The van der Waals surface area contributed by atoms with Crippen LogP contribution in [0.4, 0.5) is 0 Å². The lowest BCUT2D eigenvalue weighted by Crippen LogP contribution is -2.34. The first kappa shape index (κ1) is 11.1. The third-order valence-electron chi connectivity index (χ3n) is 4.19. The molecule has 1 aromatic heterocycles. The standard InChI is InChI=1S/C13H21N3O/c17-13-7-12(11-4-1-5-11)15-16(13)9-10-3-2-6-14-8-10/h7,10-11,14-15H,1-6,8-9H2/t10-/m1/s1. The summed E-state index contributed by atoms with van der Waals surface area (Å²) in [6, 6.07) is 1.81. The molecule has 2 aliphatic rings. The fourth-order valence-electron chi connectivity index (χ4n) is 2.86. The van der Waals surface area contributed by atoms with Crippen molar-refractivity contribution in [1.82, 2.24) is 15.1 Å². The fraction of sp³-hybridized carbons (Fsp3) is 0.769. The van der Waals surface area contributed by atoms with Gasteiger partial charge in [-0.25, -0.2) is 0 Å². The van der Waals surface area contributed by atoms with E-state index >= 15 is 0 Å².